The Balaban J connectivity index is 0.000000360. The fourth-order valence-electron chi connectivity index (χ4n) is 0.342. The molecule has 0 aliphatic rings. The second-order valence-corrected chi connectivity index (χ2v) is 1.08. The van der Waals surface area contributed by atoms with Gasteiger partial charge in [0.1, 0.15) is 0 Å². The zero-order valence-electron chi connectivity index (χ0n) is 3.96. The SMILES string of the molecule is [La].[c-]1ccccc1. The molecule has 0 amide bonds. The first kappa shape index (κ1) is 7.41. The summed E-state index contributed by atoms with van der Waals surface area (Å²) >= 11 is 0. The molecular weight excluding hydrogens is 211 g/mol. The minimum Gasteiger partial charge on any atom is -0.184 e. The van der Waals surface area contributed by atoms with E-state index in [1.54, 1.807) is 0 Å². The minimum atomic E-state index is 0. The predicted molar refractivity (Wildman–Crippen MR) is 25.3 cm³/mol. The monoisotopic (exact) mass is 216 g/mol. The Hall–Kier alpha value is 0.415. The molecule has 0 spiro atoms. The molecule has 0 fully saturated rings. The topological polar surface area (TPSA) is 0 Å². The van der Waals surface area contributed by atoms with Crippen molar-refractivity contribution in [3.05, 3.63) is 36.4 Å². The summed E-state index contributed by atoms with van der Waals surface area (Å²) in [5, 5.41) is 0. The van der Waals surface area contributed by atoms with Gasteiger partial charge >= 0.3 is 0 Å². The van der Waals surface area contributed by atoms with E-state index in [9.17, 15) is 0 Å². The van der Waals surface area contributed by atoms with Crippen molar-refractivity contribution < 1.29 is 35.6 Å². The summed E-state index contributed by atoms with van der Waals surface area (Å²) in [6.45, 7) is 0. The molecule has 0 atom stereocenters. The van der Waals surface area contributed by atoms with Crippen LogP contribution >= 0.6 is 0 Å². The van der Waals surface area contributed by atoms with Gasteiger partial charge in [-0.05, 0) is 0 Å². The average Bonchev–Trinajstić information content (AvgIpc) is 1.72. The van der Waals surface area contributed by atoms with Gasteiger partial charge in [0, 0.05) is 35.6 Å². The van der Waals surface area contributed by atoms with E-state index in [1.807, 2.05) is 30.3 Å². The van der Waals surface area contributed by atoms with Gasteiger partial charge < -0.3 is 0 Å². The summed E-state index contributed by atoms with van der Waals surface area (Å²) < 4.78 is 0. The van der Waals surface area contributed by atoms with Crippen LogP contribution in [0.25, 0.3) is 0 Å². The Morgan fingerprint density at radius 2 is 1.43 bits per heavy atom. The molecule has 0 bridgehead atoms. The zero-order chi connectivity index (χ0) is 4.24. The number of hydrogen-bond donors (Lipinski definition) is 0. The molecule has 1 aromatic carbocycles. The second-order valence-electron chi connectivity index (χ2n) is 1.08. The van der Waals surface area contributed by atoms with E-state index >= 15 is 0 Å². The third kappa shape index (κ3) is 3.04. The molecule has 0 aliphatic carbocycles. The molecule has 1 heteroatoms. The van der Waals surface area contributed by atoms with Gasteiger partial charge in [0.05, 0.1) is 0 Å². The van der Waals surface area contributed by atoms with Crippen LogP contribution in [-0.4, -0.2) is 0 Å². The number of benzene rings is 1. The van der Waals surface area contributed by atoms with Gasteiger partial charge in [-0.15, -0.1) is 0 Å². The maximum atomic E-state index is 2.89. The summed E-state index contributed by atoms with van der Waals surface area (Å²) in [4.78, 5) is 0. The molecule has 0 unspecified atom stereocenters. The van der Waals surface area contributed by atoms with Crippen LogP contribution in [0.3, 0.4) is 0 Å². The molecule has 1 aromatic rings. The van der Waals surface area contributed by atoms with E-state index in [0.29, 0.717) is 0 Å². The Morgan fingerprint density at radius 1 is 0.857 bits per heavy atom. The van der Waals surface area contributed by atoms with Crippen LogP contribution in [0.4, 0.5) is 0 Å². The van der Waals surface area contributed by atoms with Crippen molar-refractivity contribution in [1.82, 2.24) is 0 Å². The van der Waals surface area contributed by atoms with E-state index in [1.165, 1.54) is 0 Å². The molecular formula is C6H5La-. The quantitative estimate of drug-likeness (QED) is 0.576. The zero-order valence-corrected chi connectivity index (χ0v) is 7.59. The van der Waals surface area contributed by atoms with Gasteiger partial charge in [-0.25, -0.2) is 0 Å². The van der Waals surface area contributed by atoms with Crippen molar-refractivity contribution >= 4 is 0 Å². The fourth-order valence-corrected chi connectivity index (χ4v) is 0.342. The number of rotatable bonds is 0. The van der Waals surface area contributed by atoms with Crippen molar-refractivity contribution in [1.29, 1.82) is 0 Å². The van der Waals surface area contributed by atoms with E-state index in [2.05, 4.69) is 6.07 Å². The Bertz CT molecular complexity index is 76.1. The van der Waals surface area contributed by atoms with Crippen LogP contribution in [0.1, 0.15) is 0 Å². The maximum Gasteiger partial charge on any atom is 0 e. The molecule has 0 aliphatic heterocycles. The first-order chi connectivity index (χ1) is 3.00. The third-order valence-electron chi connectivity index (χ3n) is 0.607. The van der Waals surface area contributed by atoms with Crippen LogP contribution in [-0.2, 0) is 0 Å². The van der Waals surface area contributed by atoms with Gasteiger partial charge in [-0.1, -0.05) is 0 Å². The Morgan fingerprint density at radius 3 is 1.57 bits per heavy atom. The first-order valence-corrected chi connectivity index (χ1v) is 1.91. The normalized spacial score (nSPS) is 6.86. The van der Waals surface area contributed by atoms with Gasteiger partial charge in [0.2, 0.25) is 0 Å². The van der Waals surface area contributed by atoms with Gasteiger partial charge in [-0.3, -0.25) is 0 Å². The molecule has 0 nitrogen and oxygen atoms in total. The van der Waals surface area contributed by atoms with Crippen LogP contribution in [0.5, 0.6) is 0 Å². The smallest absolute Gasteiger partial charge is 0 e. The minimum absolute atomic E-state index is 0. The summed E-state index contributed by atoms with van der Waals surface area (Å²) in [6.07, 6.45) is 0. The van der Waals surface area contributed by atoms with Crippen LogP contribution in [0.15, 0.2) is 30.3 Å². The largest absolute Gasteiger partial charge is 0.184 e. The standard InChI is InChI=1S/C6H5.La/c1-2-4-6-5-3-1;/h1-5H;/q-1;. The van der Waals surface area contributed by atoms with Crippen LogP contribution < -0.4 is 0 Å². The van der Waals surface area contributed by atoms with Crippen LogP contribution in [0, 0.1) is 41.7 Å². The Labute approximate surface area is 71.5 Å². The van der Waals surface area contributed by atoms with E-state index < -0.39 is 0 Å². The molecule has 0 heterocycles. The van der Waals surface area contributed by atoms with Gasteiger partial charge in [0.25, 0.3) is 0 Å². The summed E-state index contributed by atoms with van der Waals surface area (Å²) in [6, 6.07) is 12.5. The molecule has 0 aromatic heterocycles. The summed E-state index contributed by atoms with van der Waals surface area (Å²) in [7, 11) is 0. The van der Waals surface area contributed by atoms with E-state index in [0.717, 1.165) is 0 Å². The molecule has 33 valence electrons. The molecule has 0 saturated carbocycles. The third-order valence-corrected chi connectivity index (χ3v) is 0.607. The fraction of sp³-hybridized carbons (Fsp3) is 0. The van der Waals surface area contributed by atoms with Crippen molar-refractivity contribution in [2.75, 3.05) is 0 Å². The molecule has 0 saturated heterocycles. The van der Waals surface area contributed by atoms with Crippen molar-refractivity contribution in [3.63, 3.8) is 0 Å². The van der Waals surface area contributed by atoms with Gasteiger partial charge in [-0.2, -0.15) is 36.4 Å². The van der Waals surface area contributed by atoms with Crippen molar-refractivity contribution in [2.24, 2.45) is 0 Å². The van der Waals surface area contributed by atoms with Gasteiger partial charge in [0.15, 0.2) is 0 Å². The maximum absolute atomic E-state index is 2.89. The molecule has 1 rings (SSSR count). The predicted octanol–water partition coefficient (Wildman–Crippen LogP) is 1.49. The van der Waals surface area contributed by atoms with Crippen molar-refractivity contribution in [2.45, 2.75) is 0 Å². The average molecular weight is 216 g/mol. The van der Waals surface area contributed by atoms with Crippen molar-refractivity contribution in [3.8, 4) is 0 Å². The first-order valence-electron chi connectivity index (χ1n) is 1.91. The van der Waals surface area contributed by atoms with E-state index in [-0.39, 0.29) is 35.6 Å². The number of hydrogen-bond acceptors (Lipinski definition) is 0. The Kier molecular flexibility index (Phi) is 4.84. The summed E-state index contributed by atoms with van der Waals surface area (Å²) in [5.74, 6) is 0. The molecule has 7 heavy (non-hydrogen) atoms. The van der Waals surface area contributed by atoms with Crippen LogP contribution in [0.2, 0.25) is 0 Å². The summed E-state index contributed by atoms with van der Waals surface area (Å²) in [5.41, 5.74) is 0. The molecule has 0 N–H and O–H groups in total. The molecule has 1 radical (unpaired) electrons. The second kappa shape index (κ2) is 4.57. The van der Waals surface area contributed by atoms with E-state index in [4.69, 9.17) is 0 Å².